The molecule has 1 saturated carbocycles. The maximum atomic E-state index is 11.7. The maximum Gasteiger partial charge on any atom is 0.335 e. The van der Waals surface area contributed by atoms with Gasteiger partial charge in [0.15, 0.2) is 0 Å². The predicted octanol–water partition coefficient (Wildman–Crippen LogP) is 1.60. The molecule has 0 aliphatic heterocycles. The van der Waals surface area contributed by atoms with Gasteiger partial charge >= 0.3 is 5.97 Å². The molecule has 1 aliphatic carbocycles. The second-order valence-electron chi connectivity index (χ2n) is 4.18. The summed E-state index contributed by atoms with van der Waals surface area (Å²) >= 11 is 0. The van der Waals surface area contributed by atoms with E-state index < -0.39 is 16.0 Å². The van der Waals surface area contributed by atoms with E-state index in [-0.39, 0.29) is 10.8 Å². The number of carbonyl (C=O) groups is 1. The van der Waals surface area contributed by atoms with E-state index in [1.807, 2.05) is 0 Å². The summed E-state index contributed by atoms with van der Waals surface area (Å²) in [5.41, 5.74) is 1.20. The Labute approximate surface area is 99.5 Å². The average Bonchev–Trinajstić information content (AvgIpc) is 3.04. The molecule has 0 aromatic heterocycles. The maximum absolute atomic E-state index is 11.7. The van der Waals surface area contributed by atoms with Gasteiger partial charge in [0.2, 0.25) is 10.0 Å². The fraction of sp³-hybridized carbons (Fsp3) is 0.364. The van der Waals surface area contributed by atoms with Crippen LogP contribution in [-0.2, 0) is 10.0 Å². The summed E-state index contributed by atoms with van der Waals surface area (Å²) in [6, 6.07) is 4.33. The molecule has 0 bridgehead atoms. The Bertz CT molecular complexity index is 561. The molecule has 92 valence electrons. The minimum Gasteiger partial charge on any atom is -0.478 e. The molecule has 5 nitrogen and oxygen atoms in total. The molecule has 1 fully saturated rings. The number of carboxylic acid groups (broad SMARTS) is 1. The van der Waals surface area contributed by atoms with Crippen LogP contribution in [0.3, 0.4) is 0 Å². The fourth-order valence-electron chi connectivity index (χ4n) is 1.53. The van der Waals surface area contributed by atoms with Gasteiger partial charge in [-0.15, -0.1) is 0 Å². The van der Waals surface area contributed by atoms with Gasteiger partial charge in [-0.1, -0.05) is 0 Å². The summed E-state index contributed by atoms with van der Waals surface area (Å²) in [7, 11) is -3.29. The zero-order valence-corrected chi connectivity index (χ0v) is 10.1. The SMILES string of the molecule is Cc1cc(C(=O)O)ccc1NS(=O)(=O)C1CC1. The normalized spacial score (nSPS) is 15.6. The lowest BCUT2D eigenvalue weighted by atomic mass is 10.1. The van der Waals surface area contributed by atoms with Gasteiger partial charge in [0.1, 0.15) is 0 Å². The van der Waals surface area contributed by atoms with Crippen LogP contribution in [-0.4, -0.2) is 24.7 Å². The molecule has 2 rings (SSSR count). The van der Waals surface area contributed by atoms with Crippen LogP contribution in [0.1, 0.15) is 28.8 Å². The summed E-state index contributed by atoms with van der Waals surface area (Å²) in [6.07, 6.45) is 1.39. The van der Waals surface area contributed by atoms with Crippen molar-refractivity contribution in [1.82, 2.24) is 0 Å². The standard InChI is InChI=1S/C11H13NO4S/c1-7-6-8(11(13)14)2-5-10(7)12-17(15,16)9-3-4-9/h2,5-6,9,12H,3-4H2,1H3,(H,13,14). The number of anilines is 1. The van der Waals surface area contributed by atoms with Crippen LogP contribution in [0.15, 0.2) is 18.2 Å². The highest BCUT2D eigenvalue weighted by molar-refractivity contribution is 7.93. The topological polar surface area (TPSA) is 83.5 Å². The molecular formula is C11H13NO4S. The number of hydrogen-bond acceptors (Lipinski definition) is 3. The van der Waals surface area contributed by atoms with Gasteiger partial charge in [-0.3, -0.25) is 4.72 Å². The molecule has 0 spiro atoms. The fourth-order valence-corrected chi connectivity index (χ4v) is 2.99. The van der Waals surface area contributed by atoms with Crippen LogP contribution in [0.25, 0.3) is 0 Å². The van der Waals surface area contributed by atoms with Crippen molar-refractivity contribution in [3.8, 4) is 0 Å². The first kappa shape index (κ1) is 11.9. The van der Waals surface area contributed by atoms with Crippen molar-refractivity contribution in [3.05, 3.63) is 29.3 Å². The van der Waals surface area contributed by atoms with E-state index in [1.54, 1.807) is 6.92 Å². The molecule has 0 saturated heterocycles. The first-order valence-corrected chi connectivity index (χ1v) is 6.80. The van der Waals surface area contributed by atoms with E-state index in [1.165, 1.54) is 18.2 Å². The zero-order chi connectivity index (χ0) is 12.6. The van der Waals surface area contributed by atoms with E-state index in [0.717, 1.165) is 0 Å². The van der Waals surface area contributed by atoms with Crippen molar-refractivity contribution in [2.45, 2.75) is 25.0 Å². The number of nitrogens with one attached hydrogen (secondary N) is 1. The highest BCUT2D eigenvalue weighted by Gasteiger charge is 2.35. The Kier molecular flexibility index (Phi) is 2.82. The van der Waals surface area contributed by atoms with Crippen LogP contribution in [0.4, 0.5) is 5.69 Å². The molecule has 2 N–H and O–H groups in total. The number of rotatable bonds is 4. The summed E-state index contributed by atoms with van der Waals surface area (Å²) < 4.78 is 25.9. The van der Waals surface area contributed by atoms with Gasteiger partial charge in [-0.2, -0.15) is 0 Å². The first-order valence-electron chi connectivity index (χ1n) is 5.26. The summed E-state index contributed by atoms with van der Waals surface area (Å²) in [4.78, 5) is 10.7. The lowest BCUT2D eigenvalue weighted by molar-refractivity contribution is 0.0697. The number of sulfonamides is 1. The van der Waals surface area contributed by atoms with Crippen LogP contribution >= 0.6 is 0 Å². The highest BCUT2D eigenvalue weighted by Crippen LogP contribution is 2.30. The Morgan fingerprint density at radius 3 is 2.53 bits per heavy atom. The molecule has 17 heavy (non-hydrogen) atoms. The molecular weight excluding hydrogens is 242 g/mol. The monoisotopic (exact) mass is 255 g/mol. The molecule has 0 unspecified atom stereocenters. The second-order valence-corrected chi connectivity index (χ2v) is 6.14. The molecule has 1 aromatic rings. The van der Waals surface area contributed by atoms with Crippen molar-refractivity contribution >= 4 is 21.7 Å². The average molecular weight is 255 g/mol. The van der Waals surface area contributed by atoms with Crippen LogP contribution < -0.4 is 4.72 Å². The number of hydrogen-bond donors (Lipinski definition) is 2. The third kappa shape index (κ3) is 2.58. The van der Waals surface area contributed by atoms with E-state index >= 15 is 0 Å². The van der Waals surface area contributed by atoms with Crippen molar-refractivity contribution in [2.75, 3.05) is 4.72 Å². The molecule has 0 atom stereocenters. The number of aromatic carboxylic acids is 1. The largest absolute Gasteiger partial charge is 0.478 e. The Morgan fingerprint density at radius 2 is 2.06 bits per heavy atom. The van der Waals surface area contributed by atoms with Crippen molar-refractivity contribution in [3.63, 3.8) is 0 Å². The van der Waals surface area contributed by atoms with Gasteiger partial charge in [0.25, 0.3) is 0 Å². The van der Waals surface area contributed by atoms with Crippen molar-refractivity contribution in [1.29, 1.82) is 0 Å². The van der Waals surface area contributed by atoms with E-state index in [4.69, 9.17) is 5.11 Å². The first-order chi connectivity index (χ1) is 7.90. The number of benzene rings is 1. The summed E-state index contributed by atoms with van der Waals surface area (Å²) in [5, 5.41) is 8.50. The molecule has 1 aromatic carbocycles. The van der Waals surface area contributed by atoms with Gasteiger partial charge in [0, 0.05) is 0 Å². The molecule has 6 heteroatoms. The third-order valence-electron chi connectivity index (χ3n) is 2.69. The van der Waals surface area contributed by atoms with Crippen molar-refractivity contribution in [2.24, 2.45) is 0 Å². The quantitative estimate of drug-likeness (QED) is 0.856. The minimum atomic E-state index is -3.29. The van der Waals surface area contributed by atoms with E-state index in [2.05, 4.69) is 4.72 Å². The van der Waals surface area contributed by atoms with Gasteiger partial charge in [-0.05, 0) is 43.5 Å². The Morgan fingerprint density at radius 1 is 1.41 bits per heavy atom. The number of carboxylic acids is 1. The van der Waals surface area contributed by atoms with Crippen molar-refractivity contribution < 1.29 is 18.3 Å². The van der Waals surface area contributed by atoms with Crippen LogP contribution in [0.2, 0.25) is 0 Å². The van der Waals surface area contributed by atoms with Gasteiger partial charge < -0.3 is 5.11 Å². The van der Waals surface area contributed by atoms with E-state index in [9.17, 15) is 13.2 Å². The molecule has 1 aliphatic rings. The summed E-state index contributed by atoms with van der Waals surface area (Å²) in [6.45, 7) is 1.68. The summed E-state index contributed by atoms with van der Waals surface area (Å²) in [5.74, 6) is -1.02. The predicted molar refractivity (Wildman–Crippen MR) is 63.7 cm³/mol. The highest BCUT2D eigenvalue weighted by atomic mass is 32.2. The molecule has 0 amide bonds. The van der Waals surface area contributed by atoms with E-state index in [0.29, 0.717) is 24.1 Å². The Hall–Kier alpha value is -1.56. The van der Waals surface area contributed by atoms with Gasteiger partial charge in [-0.25, -0.2) is 13.2 Å². The van der Waals surface area contributed by atoms with Crippen LogP contribution in [0.5, 0.6) is 0 Å². The lowest BCUT2D eigenvalue weighted by Gasteiger charge is -2.10. The number of aryl methyl sites for hydroxylation is 1. The molecule has 0 radical (unpaired) electrons. The lowest BCUT2D eigenvalue weighted by Crippen LogP contribution is -2.18. The Balaban J connectivity index is 2.25. The third-order valence-corrected chi connectivity index (χ3v) is 4.54. The second kappa shape index (κ2) is 4.03. The van der Waals surface area contributed by atoms with Gasteiger partial charge in [0.05, 0.1) is 16.5 Å². The zero-order valence-electron chi connectivity index (χ0n) is 9.30. The minimum absolute atomic E-state index is 0.150. The van der Waals surface area contributed by atoms with Crippen LogP contribution in [0, 0.1) is 6.92 Å². The smallest absolute Gasteiger partial charge is 0.335 e. The molecule has 0 heterocycles.